The molecule has 0 radical (unpaired) electrons. The Labute approximate surface area is 158 Å². The number of aryl methyl sites for hydroxylation is 1. The van der Waals surface area contributed by atoms with Crippen LogP contribution in [0.3, 0.4) is 0 Å². The Bertz CT molecular complexity index is 637. The summed E-state index contributed by atoms with van der Waals surface area (Å²) >= 11 is 1.54. The lowest BCUT2D eigenvalue weighted by atomic mass is 10.0. The lowest BCUT2D eigenvalue weighted by Gasteiger charge is -2.33. The minimum absolute atomic E-state index is 0. The van der Waals surface area contributed by atoms with Crippen molar-refractivity contribution in [2.75, 3.05) is 19.7 Å². The summed E-state index contributed by atoms with van der Waals surface area (Å²) in [6.07, 6.45) is 1.60. The van der Waals surface area contributed by atoms with Crippen LogP contribution in [0.25, 0.3) is 0 Å². The van der Waals surface area contributed by atoms with E-state index in [-0.39, 0.29) is 36.8 Å². The van der Waals surface area contributed by atoms with Crippen molar-refractivity contribution in [3.63, 3.8) is 0 Å². The van der Waals surface area contributed by atoms with Gasteiger partial charge in [-0.1, -0.05) is 29.8 Å². The molecule has 5 nitrogen and oxygen atoms in total. The van der Waals surface area contributed by atoms with E-state index in [4.69, 9.17) is 10.5 Å². The largest absolute Gasteiger partial charge is 0.367 e. The molecule has 0 saturated carbocycles. The molecule has 1 aromatic heterocycles. The predicted octanol–water partition coefficient (Wildman–Crippen LogP) is 2.90. The maximum atomic E-state index is 12.6. The van der Waals surface area contributed by atoms with Crippen LogP contribution < -0.4 is 5.73 Å². The number of thiazole rings is 1. The highest BCUT2D eigenvalue weighted by Gasteiger charge is 2.30. The number of hydrogen-bond acceptors (Lipinski definition) is 5. The van der Waals surface area contributed by atoms with Crippen molar-refractivity contribution < 1.29 is 9.53 Å². The maximum absolute atomic E-state index is 12.6. The van der Waals surface area contributed by atoms with Crippen LogP contribution in [-0.4, -0.2) is 35.5 Å². The molecule has 2 heterocycles. The number of morpholine rings is 1. The van der Waals surface area contributed by atoms with Gasteiger partial charge in [-0.2, -0.15) is 0 Å². The quantitative estimate of drug-likeness (QED) is 0.875. The molecule has 1 aliphatic heterocycles. The summed E-state index contributed by atoms with van der Waals surface area (Å²) in [6.45, 7) is 3.60. The van der Waals surface area contributed by atoms with Crippen LogP contribution in [0.1, 0.15) is 28.3 Å². The minimum Gasteiger partial charge on any atom is -0.367 e. The van der Waals surface area contributed by atoms with E-state index in [2.05, 4.69) is 4.98 Å². The molecule has 1 aliphatic rings. The van der Waals surface area contributed by atoms with Crippen molar-refractivity contribution in [1.29, 1.82) is 0 Å². The predicted molar refractivity (Wildman–Crippen MR) is 100.0 cm³/mol. The Hall–Kier alpha value is -1.18. The summed E-state index contributed by atoms with van der Waals surface area (Å²) in [5.41, 5.74) is 8.13. The van der Waals surface area contributed by atoms with Gasteiger partial charge in [0, 0.05) is 18.1 Å². The van der Waals surface area contributed by atoms with Crippen LogP contribution in [-0.2, 0) is 9.53 Å². The van der Waals surface area contributed by atoms with Gasteiger partial charge < -0.3 is 15.4 Å². The first-order valence-electron chi connectivity index (χ1n) is 7.27. The molecule has 2 aromatic rings. The van der Waals surface area contributed by atoms with E-state index in [9.17, 15) is 4.79 Å². The van der Waals surface area contributed by atoms with Gasteiger partial charge in [0.05, 0.1) is 13.2 Å². The van der Waals surface area contributed by atoms with E-state index < -0.39 is 6.04 Å². The summed E-state index contributed by atoms with van der Waals surface area (Å²) in [7, 11) is 0. The van der Waals surface area contributed by atoms with Gasteiger partial charge in [-0.3, -0.25) is 4.79 Å². The monoisotopic (exact) mass is 389 g/mol. The first-order valence-corrected chi connectivity index (χ1v) is 8.15. The van der Waals surface area contributed by atoms with Crippen LogP contribution in [0, 0.1) is 6.92 Å². The number of amides is 1. The van der Waals surface area contributed by atoms with Crippen molar-refractivity contribution in [2.45, 2.75) is 19.1 Å². The molecular formula is C16H21Cl2N3O2S. The Morgan fingerprint density at radius 2 is 2.08 bits per heavy atom. The Morgan fingerprint density at radius 3 is 2.71 bits per heavy atom. The number of nitrogens with two attached hydrogens (primary N) is 1. The molecule has 0 spiro atoms. The second kappa shape index (κ2) is 9.34. The van der Waals surface area contributed by atoms with E-state index in [0.29, 0.717) is 19.7 Å². The fraction of sp³-hybridized carbons (Fsp3) is 0.375. The molecule has 2 atom stereocenters. The summed E-state index contributed by atoms with van der Waals surface area (Å²) in [4.78, 5) is 18.7. The van der Waals surface area contributed by atoms with Gasteiger partial charge >= 0.3 is 0 Å². The molecular weight excluding hydrogens is 369 g/mol. The number of nitrogens with zero attached hydrogens (tertiary/aromatic N) is 2. The van der Waals surface area contributed by atoms with E-state index >= 15 is 0 Å². The zero-order chi connectivity index (χ0) is 15.5. The molecule has 1 amide bonds. The SMILES string of the molecule is Cc1ccc(C(N)C(=O)N2CCOC(c3nccs3)C2)cc1.Cl.Cl. The smallest absolute Gasteiger partial charge is 0.244 e. The molecule has 24 heavy (non-hydrogen) atoms. The summed E-state index contributed by atoms with van der Waals surface area (Å²) in [5, 5.41) is 2.82. The Balaban J connectivity index is 0.00000144. The highest BCUT2D eigenvalue weighted by Crippen LogP contribution is 2.25. The summed E-state index contributed by atoms with van der Waals surface area (Å²) < 4.78 is 5.72. The number of carbonyl (C=O) groups excluding carboxylic acids is 1. The van der Waals surface area contributed by atoms with Gasteiger partial charge in [0.25, 0.3) is 0 Å². The average Bonchev–Trinajstić information content (AvgIpc) is 3.09. The Kier molecular flexibility index (Phi) is 8.12. The summed E-state index contributed by atoms with van der Waals surface area (Å²) in [5.74, 6) is -0.0614. The highest BCUT2D eigenvalue weighted by atomic mass is 35.5. The number of hydrogen-bond donors (Lipinski definition) is 1. The van der Waals surface area contributed by atoms with E-state index in [0.717, 1.165) is 16.1 Å². The average molecular weight is 390 g/mol. The van der Waals surface area contributed by atoms with Crippen LogP contribution in [0.2, 0.25) is 0 Å². The third-order valence-electron chi connectivity index (χ3n) is 3.81. The van der Waals surface area contributed by atoms with Crippen molar-refractivity contribution >= 4 is 42.1 Å². The third kappa shape index (κ3) is 4.68. The van der Waals surface area contributed by atoms with Gasteiger partial charge in [0.15, 0.2) is 0 Å². The topological polar surface area (TPSA) is 68.5 Å². The lowest BCUT2D eigenvalue weighted by molar-refractivity contribution is -0.140. The maximum Gasteiger partial charge on any atom is 0.244 e. The zero-order valence-corrected chi connectivity index (χ0v) is 15.7. The first-order chi connectivity index (χ1) is 10.6. The number of carbonyl (C=O) groups is 1. The third-order valence-corrected chi connectivity index (χ3v) is 4.68. The molecule has 3 rings (SSSR count). The van der Waals surface area contributed by atoms with Crippen LogP contribution in [0.4, 0.5) is 0 Å². The molecule has 0 bridgehead atoms. The Morgan fingerprint density at radius 1 is 1.38 bits per heavy atom. The highest BCUT2D eigenvalue weighted by molar-refractivity contribution is 7.09. The van der Waals surface area contributed by atoms with E-state index in [1.54, 1.807) is 22.4 Å². The number of benzene rings is 1. The number of rotatable bonds is 3. The molecule has 1 aromatic carbocycles. The lowest BCUT2D eigenvalue weighted by Crippen LogP contribution is -2.46. The number of ether oxygens (including phenoxy) is 1. The van der Waals surface area contributed by atoms with Crippen molar-refractivity contribution in [3.05, 3.63) is 52.0 Å². The number of halogens is 2. The van der Waals surface area contributed by atoms with Gasteiger partial charge in [0.2, 0.25) is 5.91 Å². The zero-order valence-electron chi connectivity index (χ0n) is 13.3. The number of aromatic nitrogens is 1. The molecule has 1 fully saturated rings. The van der Waals surface area contributed by atoms with Crippen molar-refractivity contribution in [2.24, 2.45) is 5.73 Å². The van der Waals surface area contributed by atoms with Crippen LogP contribution in [0.5, 0.6) is 0 Å². The van der Waals surface area contributed by atoms with Crippen LogP contribution >= 0.6 is 36.2 Å². The van der Waals surface area contributed by atoms with Gasteiger partial charge in [0.1, 0.15) is 17.2 Å². The first kappa shape index (κ1) is 20.9. The molecule has 8 heteroatoms. The van der Waals surface area contributed by atoms with Crippen LogP contribution in [0.15, 0.2) is 35.8 Å². The summed E-state index contributed by atoms with van der Waals surface area (Å²) in [6, 6.07) is 7.14. The second-order valence-electron chi connectivity index (χ2n) is 5.40. The van der Waals surface area contributed by atoms with Gasteiger partial charge in [-0.15, -0.1) is 36.2 Å². The molecule has 2 N–H and O–H groups in total. The standard InChI is InChI=1S/C16H19N3O2S.2ClH/c1-11-2-4-12(5-3-11)14(17)16(20)19-7-8-21-13(10-19)15-18-6-9-22-15;;/h2-6,9,13-14H,7-8,10,17H2,1H3;2*1H. The fourth-order valence-corrected chi connectivity index (χ4v) is 3.18. The van der Waals surface area contributed by atoms with Gasteiger partial charge in [-0.05, 0) is 12.5 Å². The molecule has 2 unspecified atom stereocenters. The minimum atomic E-state index is -0.629. The van der Waals surface area contributed by atoms with Gasteiger partial charge in [-0.25, -0.2) is 4.98 Å². The van der Waals surface area contributed by atoms with Crippen molar-refractivity contribution in [1.82, 2.24) is 9.88 Å². The van der Waals surface area contributed by atoms with E-state index in [1.807, 2.05) is 36.6 Å². The molecule has 0 aliphatic carbocycles. The second-order valence-corrected chi connectivity index (χ2v) is 6.33. The van der Waals surface area contributed by atoms with Crippen molar-refractivity contribution in [3.8, 4) is 0 Å². The fourth-order valence-electron chi connectivity index (χ4n) is 2.51. The molecule has 1 saturated heterocycles. The molecule has 132 valence electrons. The van der Waals surface area contributed by atoms with E-state index in [1.165, 1.54) is 0 Å². The normalized spacial score (nSPS) is 18.2.